The topological polar surface area (TPSA) is 155 Å². The maximum Gasteiger partial charge on any atom is 0.336 e. The molecule has 0 fully saturated rings. The van der Waals surface area contributed by atoms with Crippen LogP contribution in [-0.4, -0.2) is 34.6 Å². The molecule has 76 valence electrons. The van der Waals surface area contributed by atoms with E-state index in [-0.39, 0.29) is 12.6 Å². The van der Waals surface area contributed by atoms with Crippen molar-refractivity contribution >= 4 is 13.9 Å². The molecule has 0 aliphatic rings. The van der Waals surface area contributed by atoms with E-state index in [1.165, 1.54) is 0 Å². The first-order valence-electron chi connectivity index (χ1n) is 3.30. The summed E-state index contributed by atoms with van der Waals surface area (Å²) in [6.45, 7) is 0. The zero-order chi connectivity index (χ0) is 11.0. The summed E-state index contributed by atoms with van der Waals surface area (Å²) in [5, 5.41) is 23.8. The molecular weight excluding hydrogens is 211 g/mol. The lowest BCUT2D eigenvalue weighted by atomic mass is 10.7. The lowest BCUT2D eigenvalue weighted by molar-refractivity contribution is -0.142. The van der Waals surface area contributed by atoms with Gasteiger partial charge in [-0.25, -0.2) is 4.79 Å². The molecule has 0 amide bonds. The Morgan fingerprint density at radius 1 is 1.36 bits per heavy atom. The minimum atomic E-state index is -1.64. The minimum absolute atomic E-state index is 0.168. The summed E-state index contributed by atoms with van der Waals surface area (Å²) in [4.78, 5) is 15.2. The molecule has 14 heavy (non-hydrogen) atoms. The quantitative estimate of drug-likeness (QED) is 0.299. The summed E-state index contributed by atoms with van der Waals surface area (Å²) in [5.74, 6) is -3.06. The van der Waals surface area contributed by atoms with Gasteiger partial charge in [-0.1, -0.05) is 18.2 Å². The van der Waals surface area contributed by atoms with E-state index in [4.69, 9.17) is 21.3 Å². The lowest BCUT2D eigenvalue weighted by Gasteiger charge is -2.15. The van der Waals surface area contributed by atoms with Gasteiger partial charge in [-0.2, -0.15) is 0 Å². The van der Waals surface area contributed by atoms with Gasteiger partial charge in [-0.3, -0.25) is 0 Å². The predicted molar refractivity (Wildman–Crippen MR) is 48.6 cm³/mol. The molecule has 0 spiro atoms. The Bertz CT molecular complexity index is 275. The summed E-state index contributed by atoms with van der Waals surface area (Å²) < 4.78 is 0. The fourth-order valence-corrected chi connectivity index (χ4v) is 1.72. The largest absolute Gasteiger partial charge is 0.479 e. The third-order valence-corrected chi connectivity index (χ3v) is 3.08. The molecule has 0 heterocycles. The molecule has 2 N–H and O–H groups in total. The summed E-state index contributed by atoms with van der Waals surface area (Å²) in [7, 11) is -1.56. The Morgan fingerprint density at radius 3 is 2.07 bits per heavy atom. The smallest absolute Gasteiger partial charge is 0.336 e. The molecule has 0 saturated carbocycles. The first kappa shape index (κ1) is 12.5. The summed E-state index contributed by atoms with van der Waals surface area (Å²) >= 11 is 0. The van der Waals surface area contributed by atoms with Crippen molar-refractivity contribution in [3.05, 3.63) is 20.9 Å². The average molecular weight is 218 g/mol. The zero-order valence-electron chi connectivity index (χ0n) is 6.92. The maximum absolute atomic E-state index is 10.4. The highest BCUT2D eigenvalue weighted by Gasteiger charge is 2.23. The van der Waals surface area contributed by atoms with Crippen LogP contribution in [0.5, 0.6) is 0 Å². The number of carbonyl (C=O) groups is 1. The van der Waals surface area contributed by atoms with E-state index < -0.39 is 19.7 Å². The highest BCUT2D eigenvalue weighted by atomic mass is 31.1. The van der Waals surface area contributed by atoms with Crippen LogP contribution in [0.2, 0.25) is 0 Å². The molecule has 0 aliphatic carbocycles. The van der Waals surface area contributed by atoms with Gasteiger partial charge in [0.05, 0.1) is 0 Å². The second kappa shape index (κ2) is 6.94. The number of aliphatic hydroxyl groups is 1. The number of carboxylic acids is 1. The van der Waals surface area contributed by atoms with Gasteiger partial charge in [0.25, 0.3) is 0 Å². The van der Waals surface area contributed by atoms with Gasteiger partial charge in [0, 0.05) is 22.4 Å². The normalized spacial score (nSPS) is 13.2. The molecule has 1 unspecified atom stereocenters. The molecule has 0 radical (unpaired) electrons. The summed E-state index contributed by atoms with van der Waals surface area (Å²) in [5.41, 5.74) is 16.0. The van der Waals surface area contributed by atoms with Gasteiger partial charge in [0.15, 0.2) is 5.85 Å². The van der Waals surface area contributed by atoms with E-state index >= 15 is 0 Å². The molecule has 0 aromatic rings. The average Bonchev–Trinajstić information content (AvgIpc) is 2.17. The van der Waals surface area contributed by atoms with Gasteiger partial charge in [-0.15, -0.1) is 0 Å². The van der Waals surface area contributed by atoms with Gasteiger partial charge < -0.3 is 10.2 Å². The van der Waals surface area contributed by atoms with E-state index in [1.54, 1.807) is 0 Å². The van der Waals surface area contributed by atoms with Crippen molar-refractivity contribution in [3.8, 4) is 0 Å². The molecule has 0 bridgehead atoms. The van der Waals surface area contributed by atoms with Crippen LogP contribution in [0.15, 0.2) is 10.2 Å². The Balaban J connectivity index is 4.43. The number of nitrogens with zero attached hydrogens (tertiary/aromatic N) is 6. The van der Waals surface area contributed by atoms with Gasteiger partial charge >= 0.3 is 5.97 Å². The molecule has 0 aromatic carbocycles. The molecule has 0 rings (SSSR count). The molecule has 1 atom stereocenters. The third-order valence-electron chi connectivity index (χ3n) is 1.18. The Morgan fingerprint density at radius 2 is 1.79 bits per heavy atom. The molecule has 0 saturated heterocycles. The van der Waals surface area contributed by atoms with E-state index in [0.29, 0.717) is 0 Å². The Hall–Kier alpha value is -1.52. The number of carboxylic acid groups (broad SMARTS) is 1. The standard InChI is InChI=1S/C4H7N6O3P/c5-9-7-1-14(2-8-10-6)4(13)3(11)12/h4,13H,1-2H2,(H,11,12). The van der Waals surface area contributed by atoms with Crippen LogP contribution in [0.1, 0.15) is 0 Å². The van der Waals surface area contributed by atoms with Crippen LogP contribution in [0, 0.1) is 0 Å². The van der Waals surface area contributed by atoms with Crippen LogP contribution >= 0.6 is 7.92 Å². The third kappa shape index (κ3) is 4.49. The van der Waals surface area contributed by atoms with Crippen LogP contribution < -0.4 is 0 Å². The van der Waals surface area contributed by atoms with Crippen LogP contribution in [0.3, 0.4) is 0 Å². The van der Waals surface area contributed by atoms with Crippen LogP contribution in [-0.2, 0) is 4.79 Å². The number of aliphatic carboxylic acids is 1. The molecule has 0 aromatic heterocycles. The van der Waals surface area contributed by atoms with Crippen LogP contribution in [0.25, 0.3) is 20.9 Å². The first-order valence-corrected chi connectivity index (χ1v) is 5.08. The van der Waals surface area contributed by atoms with E-state index in [1.807, 2.05) is 0 Å². The van der Waals surface area contributed by atoms with Crippen molar-refractivity contribution in [1.82, 2.24) is 0 Å². The minimum Gasteiger partial charge on any atom is -0.479 e. The second-order valence-corrected chi connectivity index (χ2v) is 4.28. The van der Waals surface area contributed by atoms with Crippen molar-refractivity contribution < 1.29 is 15.0 Å². The molecule has 9 nitrogen and oxygen atoms in total. The van der Waals surface area contributed by atoms with E-state index in [9.17, 15) is 4.79 Å². The summed E-state index contributed by atoms with van der Waals surface area (Å²) in [6, 6.07) is 0. The SMILES string of the molecule is [N-]=[N+]=NCP(CN=[N+]=[N-])C(O)C(=O)O. The summed E-state index contributed by atoms with van der Waals surface area (Å²) in [6.07, 6.45) is -0.337. The maximum atomic E-state index is 10.4. The number of aliphatic hydroxyl groups excluding tert-OH is 1. The van der Waals surface area contributed by atoms with Crippen molar-refractivity contribution in [2.24, 2.45) is 10.2 Å². The monoisotopic (exact) mass is 218 g/mol. The number of hydrogen-bond acceptors (Lipinski definition) is 4. The number of azide groups is 2. The highest BCUT2D eigenvalue weighted by Crippen LogP contribution is 2.40. The molecule has 0 aliphatic heterocycles. The number of rotatable bonds is 6. The Kier molecular flexibility index (Phi) is 6.19. The van der Waals surface area contributed by atoms with Crippen molar-refractivity contribution in [2.45, 2.75) is 5.85 Å². The number of hydrogen-bond donors (Lipinski definition) is 2. The lowest BCUT2D eigenvalue weighted by Crippen LogP contribution is -2.19. The first-order chi connectivity index (χ1) is 6.63. The van der Waals surface area contributed by atoms with Gasteiger partial charge in [0.1, 0.15) is 0 Å². The van der Waals surface area contributed by atoms with Gasteiger partial charge in [-0.05, 0) is 11.1 Å². The second-order valence-electron chi connectivity index (χ2n) is 2.05. The Labute approximate surface area is 79.4 Å². The molecule has 10 heteroatoms. The predicted octanol–water partition coefficient (Wildman–Crippen LogP) is 1.41. The van der Waals surface area contributed by atoms with Crippen molar-refractivity contribution in [2.75, 3.05) is 12.6 Å². The zero-order valence-corrected chi connectivity index (χ0v) is 7.82. The molecular formula is C4H7N6O3P. The fourth-order valence-electron chi connectivity index (χ4n) is 0.575. The van der Waals surface area contributed by atoms with E-state index in [2.05, 4.69) is 20.1 Å². The van der Waals surface area contributed by atoms with E-state index in [0.717, 1.165) is 0 Å². The van der Waals surface area contributed by atoms with Gasteiger partial charge in [0.2, 0.25) is 0 Å². The van der Waals surface area contributed by atoms with Crippen molar-refractivity contribution in [3.63, 3.8) is 0 Å². The van der Waals surface area contributed by atoms with Crippen LogP contribution in [0.4, 0.5) is 0 Å². The highest BCUT2D eigenvalue weighted by molar-refractivity contribution is 7.59. The van der Waals surface area contributed by atoms with Crippen molar-refractivity contribution in [1.29, 1.82) is 0 Å². The fraction of sp³-hybridized carbons (Fsp3) is 0.750.